The number of thioether (sulfide) groups is 1. The van der Waals surface area contributed by atoms with Crippen LogP contribution >= 0.6 is 11.8 Å². The van der Waals surface area contributed by atoms with Crippen LogP contribution < -0.4 is 5.32 Å². The first-order valence-electron chi connectivity index (χ1n) is 9.91. The maximum Gasteiger partial charge on any atom is 0.243 e. The number of anilines is 1. The fraction of sp³-hybridized carbons (Fsp3) is 0.261. The van der Waals surface area contributed by atoms with E-state index in [-0.39, 0.29) is 11.8 Å². The number of hydrogen-bond acceptors (Lipinski definition) is 4. The average Bonchev–Trinajstić information content (AvgIpc) is 2.79. The van der Waals surface area contributed by atoms with Gasteiger partial charge in [-0.3, -0.25) is 4.79 Å². The molecule has 0 unspecified atom stereocenters. The molecule has 5 nitrogen and oxygen atoms in total. The summed E-state index contributed by atoms with van der Waals surface area (Å²) < 4.78 is 27.3. The molecule has 0 radical (unpaired) electrons. The molecule has 0 atom stereocenters. The van der Waals surface area contributed by atoms with E-state index in [0.717, 1.165) is 21.4 Å². The van der Waals surface area contributed by atoms with Crippen molar-refractivity contribution in [1.82, 2.24) is 4.31 Å². The zero-order chi connectivity index (χ0) is 21.1. The first kappa shape index (κ1) is 20.9. The Bertz CT molecular complexity index is 1150. The summed E-state index contributed by atoms with van der Waals surface area (Å²) in [6.07, 6.45) is 2.99. The van der Waals surface area contributed by atoms with Crippen molar-refractivity contribution in [3.8, 4) is 0 Å². The lowest BCUT2D eigenvalue weighted by Crippen LogP contribution is -2.41. The molecule has 1 fully saturated rings. The molecule has 1 amide bonds. The van der Waals surface area contributed by atoms with E-state index in [1.54, 1.807) is 23.9 Å². The number of hydrogen-bond donors (Lipinski definition) is 1. The van der Waals surface area contributed by atoms with Crippen molar-refractivity contribution in [2.45, 2.75) is 22.6 Å². The maximum absolute atomic E-state index is 12.9. The van der Waals surface area contributed by atoms with E-state index < -0.39 is 10.0 Å². The van der Waals surface area contributed by atoms with Crippen LogP contribution in [0, 0.1) is 5.92 Å². The molecule has 1 aliphatic heterocycles. The third kappa shape index (κ3) is 4.38. The van der Waals surface area contributed by atoms with Gasteiger partial charge in [-0.2, -0.15) is 4.31 Å². The highest BCUT2D eigenvalue weighted by molar-refractivity contribution is 7.98. The SMILES string of the molecule is CSc1ccc(S(=O)(=O)N2CCC(C(=O)Nc3ccc4ccccc4c3)CC2)cc1. The van der Waals surface area contributed by atoms with Crippen molar-refractivity contribution < 1.29 is 13.2 Å². The van der Waals surface area contributed by atoms with Crippen LogP contribution in [0.25, 0.3) is 10.8 Å². The van der Waals surface area contributed by atoms with Crippen LogP contribution in [0.15, 0.2) is 76.5 Å². The Hall–Kier alpha value is -2.35. The molecular formula is C23H24N2O3S2. The fourth-order valence-corrected chi connectivity index (χ4v) is 5.64. The summed E-state index contributed by atoms with van der Waals surface area (Å²) in [5.41, 5.74) is 0.766. The lowest BCUT2D eigenvalue weighted by Gasteiger charge is -2.30. The Morgan fingerprint density at radius 1 is 0.967 bits per heavy atom. The van der Waals surface area contributed by atoms with E-state index in [9.17, 15) is 13.2 Å². The van der Waals surface area contributed by atoms with Crippen LogP contribution in [0.5, 0.6) is 0 Å². The minimum absolute atomic E-state index is 0.0494. The molecule has 3 aromatic carbocycles. The first-order chi connectivity index (χ1) is 14.5. The smallest absolute Gasteiger partial charge is 0.243 e. The van der Waals surface area contributed by atoms with E-state index in [1.807, 2.05) is 60.9 Å². The molecule has 7 heteroatoms. The van der Waals surface area contributed by atoms with Gasteiger partial charge in [-0.25, -0.2) is 8.42 Å². The highest BCUT2D eigenvalue weighted by Gasteiger charge is 2.32. The van der Waals surface area contributed by atoms with Crippen molar-refractivity contribution in [3.63, 3.8) is 0 Å². The number of carbonyl (C=O) groups excluding carboxylic acids is 1. The molecule has 0 saturated carbocycles. The molecule has 4 rings (SSSR count). The van der Waals surface area contributed by atoms with Crippen LogP contribution in [0.4, 0.5) is 5.69 Å². The largest absolute Gasteiger partial charge is 0.326 e. The van der Waals surface area contributed by atoms with Gasteiger partial charge in [-0.15, -0.1) is 11.8 Å². The molecule has 1 saturated heterocycles. The molecule has 0 aromatic heterocycles. The lowest BCUT2D eigenvalue weighted by molar-refractivity contribution is -0.120. The van der Waals surface area contributed by atoms with Crippen molar-refractivity contribution in [2.24, 2.45) is 5.92 Å². The van der Waals surface area contributed by atoms with Crippen molar-refractivity contribution in [2.75, 3.05) is 24.7 Å². The van der Waals surface area contributed by atoms with E-state index in [1.165, 1.54) is 4.31 Å². The Labute approximate surface area is 181 Å². The van der Waals surface area contributed by atoms with Gasteiger partial charge in [0.2, 0.25) is 15.9 Å². The van der Waals surface area contributed by atoms with E-state index in [0.29, 0.717) is 30.8 Å². The Kier molecular flexibility index (Phi) is 6.13. The molecule has 1 heterocycles. The predicted molar refractivity (Wildman–Crippen MR) is 122 cm³/mol. The summed E-state index contributed by atoms with van der Waals surface area (Å²) in [6.45, 7) is 0.699. The molecule has 1 N–H and O–H groups in total. The lowest BCUT2D eigenvalue weighted by atomic mass is 9.97. The molecule has 1 aliphatic rings. The summed E-state index contributed by atoms with van der Waals surface area (Å²) in [5, 5.41) is 5.19. The summed E-state index contributed by atoms with van der Waals surface area (Å²) >= 11 is 1.58. The Morgan fingerprint density at radius 2 is 1.63 bits per heavy atom. The normalized spacial score (nSPS) is 15.9. The molecule has 30 heavy (non-hydrogen) atoms. The van der Waals surface area contributed by atoms with Gasteiger partial charge in [0, 0.05) is 29.6 Å². The number of nitrogens with one attached hydrogen (secondary N) is 1. The van der Waals surface area contributed by atoms with Gasteiger partial charge >= 0.3 is 0 Å². The second kappa shape index (κ2) is 8.79. The highest BCUT2D eigenvalue weighted by Crippen LogP contribution is 2.27. The molecule has 0 spiro atoms. The molecule has 3 aromatic rings. The zero-order valence-corrected chi connectivity index (χ0v) is 18.4. The summed E-state index contributed by atoms with van der Waals surface area (Å²) in [4.78, 5) is 14.0. The third-order valence-corrected chi connectivity index (χ3v) is 8.20. The highest BCUT2D eigenvalue weighted by atomic mass is 32.2. The van der Waals surface area contributed by atoms with E-state index in [2.05, 4.69) is 5.32 Å². The number of carbonyl (C=O) groups is 1. The number of benzene rings is 3. The second-order valence-corrected chi connectivity index (χ2v) is 10.2. The predicted octanol–water partition coefficient (Wildman–Crippen LogP) is 4.60. The summed E-state index contributed by atoms with van der Waals surface area (Å²) in [6, 6.07) is 20.8. The van der Waals surface area contributed by atoms with Crippen molar-refractivity contribution in [3.05, 3.63) is 66.7 Å². The van der Waals surface area contributed by atoms with Gasteiger partial charge in [-0.05, 0) is 66.3 Å². The zero-order valence-electron chi connectivity index (χ0n) is 16.7. The maximum atomic E-state index is 12.9. The first-order valence-corrected chi connectivity index (χ1v) is 12.6. The van der Waals surface area contributed by atoms with Crippen molar-refractivity contribution in [1.29, 1.82) is 0 Å². The molecular weight excluding hydrogens is 416 g/mol. The van der Waals surface area contributed by atoms with Crippen LogP contribution in [0.3, 0.4) is 0 Å². The Balaban J connectivity index is 1.38. The number of nitrogens with zero attached hydrogens (tertiary/aromatic N) is 1. The van der Waals surface area contributed by atoms with E-state index in [4.69, 9.17) is 0 Å². The summed E-state index contributed by atoms with van der Waals surface area (Å²) in [7, 11) is -3.53. The summed E-state index contributed by atoms with van der Waals surface area (Å²) in [5.74, 6) is -0.242. The van der Waals surface area contributed by atoms with Crippen molar-refractivity contribution >= 4 is 44.2 Å². The number of fused-ring (bicyclic) bond motifs is 1. The minimum atomic E-state index is -3.53. The molecule has 0 bridgehead atoms. The van der Waals surface area contributed by atoms with Gasteiger partial charge in [0.15, 0.2) is 0 Å². The van der Waals surface area contributed by atoms with Gasteiger partial charge in [0.05, 0.1) is 4.90 Å². The number of sulfonamides is 1. The van der Waals surface area contributed by atoms with Gasteiger partial charge in [0.1, 0.15) is 0 Å². The van der Waals surface area contributed by atoms with Gasteiger partial charge in [0.25, 0.3) is 0 Å². The third-order valence-electron chi connectivity index (χ3n) is 5.54. The number of amides is 1. The quantitative estimate of drug-likeness (QED) is 0.589. The second-order valence-electron chi connectivity index (χ2n) is 7.41. The van der Waals surface area contributed by atoms with Crippen LogP contribution in [0.2, 0.25) is 0 Å². The molecule has 156 valence electrons. The topological polar surface area (TPSA) is 66.5 Å². The average molecular weight is 441 g/mol. The van der Waals surface area contributed by atoms with E-state index >= 15 is 0 Å². The minimum Gasteiger partial charge on any atom is -0.326 e. The molecule has 0 aliphatic carbocycles. The van der Waals surface area contributed by atoms with Crippen LogP contribution in [0.1, 0.15) is 12.8 Å². The monoisotopic (exact) mass is 440 g/mol. The Morgan fingerprint density at radius 3 is 2.30 bits per heavy atom. The van der Waals surface area contributed by atoms with Gasteiger partial charge < -0.3 is 5.32 Å². The van der Waals surface area contributed by atoms with Gasteiger partial charge in [-0.1, -0.05) is 30.3 Å². The number of rotatable bonds is 5. The standard InChI is InChI=1S/C23H24N2O3S2/c1-29-21-8-10-22(11-9-21)30(27,28)25-14-12-18(13-15-25)23(26)24-20-7-6-17-4-2-3-5-19(17)16-20/h2-11,16,18H,12-15H2,1H3,(H,24,26). The fourth-order valence-electron chi connectivity index (χ4n) is 3.77. The van der Waals surface area contributed by atoms with Crippen LogP contribution in [-0.4, -0.2) is 38.0 Å². The number of piperidine rings is 1. The van der Waals surface area contributed by atoms with Crippen LogP contribution in [-0.2, 0) is 14.8 Å².